The highest BCUT2D eigenvalue weighted by molar-refractivity contribution is 7.85. The molecule has 0 amide bonds. The van der Waals surface area contributed by atoms with Gasteiger partial charge in [0.2, 0.25) is 0 Å². The first-order valence-electron chi connectivity index (χ1n) is 9.02. The molecule has 1 rings (SSSR count). The summed E-state index contributed by atoms with van der Waals surface area (Å²) in [6, 6.07) is 9.49. The summed E-state index contributed by atoms with van der Waals surface area (Å²) in [5.74, 6) is 0. The van der Waals surface area contributed by atoms with Crippen LogP contribution in [-0.2, 0) is 44.0 Å². The van der Waals surface area contributed by atoms with Gasteiger partial charge in [0.15, 0.2) is 0 Å². The van der Waals surface area contributed by atoms with Gasteiger partial charge < -0.3 is 18.5 Å². The van der Waals surface area contributed by atoms with Gasteiger partial charge in [0, 0.05) is 0 Å². The number of benzene rings is 1. The predicted molar refractivity (Wildman–Crippen MR) is 107 cm³/mol. The van der Waals surface area contributed by atoms with Gasteiger partial charge in [-0.3, -0.25) is 8.75 Å². The molecule has 0 heterocycles. The Hall–Kier alpha value is -0.800. The third kappa shape index (κ3) is 11.9. The molecule has 0 N–H and O–H groups in total. The minimum atomic E-state index is -3.66. The summed E-state index contributed by atoms with van der Waals surface area (Å²) in [5.41, 5.74) is 0.960. The second kappa shape index (κ2) is 12.0. The monoisotopic (exact) mass is 438 g/mol. The van der Waals surface area contributed by atoms with E-state index in [0.717, 1.165) is 11.8 Å². The zero-order valence-electron chi connectivity index (χ0n) is 17.1. The Kier molecular flexibility index (Phi) is 10.8. The first-order valence-corrected chi connectivity index (χ1v) is 12.6. The normalized spacial score (nSPS) is 14.0. The zero-order chi connectivity index (χ0) is 21.2. The van der Waals surface area contributed by atoms with E-state index in [2.05, 4.69) is 0 Å². The quantitative estimate of drug-likeness (QED) is 0.321. The number of ether oxygens (including phenoxy) is 2. The highest BCUT2D eigenvalue weighted by Gasteiger charge is 2.30. The standard InChI is InChI=1S/C18H31O8PS/c1-15(2)25-27(19,26-16(3)4)14-23-18(13-24-28(5,20)21)12-22-11-17-9-7-6-8-10-17/h6-10,15-16,18H,11-14H2,1-5H3/t18-/m0/s1. The Morgan fingerprint density at radius 2 is 1.54 bits per heavy atom. The Bertz CT molecular complexity index is 692. The summed E-state index contributed by atoms with van der Waals surface area (Å²) in [5, 5.41) is 0. The van der Waals surface area contributed by atoms with Crippen molar-refractivity contribution in [1.29, 1.82) is 0 Å². The van der Waals surface area contributed by atoms with E-state index in [9.17, 15) is 13.0 Å². The summed E-state index contributed by atoms with van der Waals surface area (Å²) in [6.07, 6.45) is -0.806. The van der Waals surface area contributed by atoms with Crippen molar-refractivity contribution in [2.24, 2.45) is 0 Å². The Labute approximate surface area is 168 Å². The van der Waals surface area contributed by atoms with Crippen LogP contribution in [0, 0.1) is 0 Å². The Balaban J connectivity index is 2.69. The van der Waals surface area contributed by atoms with Crippen LogP contribution in [0.25, 0.3) is 0 Å². The van der Waals surface area contributed by atoms with Crippen molar-refractivity contribution in [2.45, 2.75) is 52.6 Å². The molecule has 0 radical (unpaired) electrons. The van der Waals surface area contributed by atoms with Crippen molar-refractivity contribution in [2.75, 3.05) is 25.8 Å². The second-order valence-corrected chi connectivity index (χ2v) is 10.4. The van der Waals surface area contributed by atoms with Crippen LogP contribution in [-0.4, -0.2) is 52.5 Å². The molecule has 0 saturated heterocycles. The molecule has 28 heavy (non-hydrogen) atoms. The van der Waals surface area contributed by atoms with E-state index in [1.54, 1.807) is 27.7 Å². The first-order chi connectivity index (χ1) is 13.0. The van der Waals surface area contributed by atoms with Crippen LogP contribution < -0.4 is 0 Å². The second-order valence-electron chi connectivity index (χ2n) is 6.83. The summed E-state index contributed by atoms with van der Waals surface area (Å²) in [4.78, 5) is 0. The van der Waals surface area contributed by atoms with E-state index in [1.807, 2.05) is 30.3 Å². The lowest BCUT2D eigenvalue weighted by atomic mass is 10.2. The van der Waals surface area contributed by atoms with Gasteiger partial charge in [-0.2, -0.15) is 8.42 Å². The van der Waals surface area contributed by atoms with E-state index in [-0.39, 0.29) is 31.8 Å². The average molecular weight is 438 g/mol. The summed E-state index contributed by atoms with van der Waals surface area (Å²) in [6.45, 7) is 7.06. The lowest BCUT2D eigenvalue weighted by Gasteiger charge is -2.25. The smallest absolute Gasteiger partial charge is 0.356 e. The molecule has 0 unspecified atom stereocenters. The molecule has 0 fully saturated rings. The van der Waals surface area contributed by atoms with E-state index in [4.69, 9.17) is 22.7 Å². The molecule has 0 aliphatic heterocycles. The van der Waals surface area contributed by atoms with Gasteiger partial charge in [-0.15, -0.1) is 0 Å². The van der Waals surface area contributed by atoms with Crippen molar-refractivity contribution in [1.82, 2.24) is 0 Å². The Morgan fingerprint density at radius 3 is 2.04 bits per heavy atom. The molecule has 0 bridgehead atoms. The summed E-state index contributed by atoms with van der Waals surface area (Å²) >= 11 is 0. The lowest BCUT2D eigenvalue weighted by Crippen LogP contribution is -2.28. The van der Waals surface area contributed by atoms with Gasteiger partial charge in [-0.05, 0) is 33.3 Å². The van der Waals surface area contributed by atoms with Crippen LogP contribution in [0.2, 0.25) is 0 Å². The minimum Gasteiger partial charge on any atom is -0.374 e. The van der Waals surface area contributed by atoms with E-state index >= 15 is 0 Å². The summed E-state index contributed by atoms with van der Waals surface area (Å²) < 4.78 is 62.4. The fourth-order valence-electron chi connectivity index (χ4n) is 2.15. The van der Waals surface area contributed by atoms with Crippen LogP contribution in [0.4, 0.5) is 0 Å². The van der Waals surface area contributed by atoms with Gasteiger partial charge >= 0.3 is 7.60 Å². The number of hydrogen-bond donors (Lipinski definition) is 0. The molecule has 10 heteroatoms. The first kappa shape index (κ1) is 25.2. The van der Waals surface area contributed by atoms with Gasteiger partial charge in [0.25, 0.3) is 10.1 Å². The molecule has 0 aromatic heterocycles. The van der Waals surface area contributed by atoms with Crippen molar-refractivity contribution in [3.05, 3.63) is 35.9 Å². The third-order valence-corrected chi connectivity index (χ3v) is 5.61. The molecular weight excluding hydrogens is 407 g/mol. The SMILES string of the molecule is CC(C)OP(=O)(CO[C@@H](COCc1ccccc1)COS(C)(=O)=O)OC(C)C. The van der Waals surface area contributed by atoms with Crippen molar-refractivity contribution in [3.8, 4) is 0 Å². The van der Waals surface area contributed by atoms with E-state index in [1.165, 1.54) is 0 Å². The average Bonchev–Trinajstić information content (AvgIpc) is 2.55. The summed E-state index contributed by atoms with van der Waals surface area (Å²) in [7, 11) is -7.18. The van der Waals surface area contributed by atoms with E-state index < -0.39 is 23.8 Å². The molecular formula is C18H31O8PS. The zero-order valence-corrected chi connectivity index (χ0v) is 18.8. The molecule has 0 spiro atoms. The molecule has 1 atom stereocenters. The number of hydrogen-bond acceptors (Lipinski definition) is 8. The van der Waals surface area contributed by atoms with Crippen molar-refractivity contribution < 1.29 is 35.7 Å². The fourth-order valence-corrected chi connectivity index (χ4v) is 4.40. The molecule has 162 valence electrons. The van der Waals surface area contributed by atoms with Crippen LogP contribution in [0.3, 0.4) is 0 Å². The van der Waals surface area contributed by atoms with Crippen LogP contribution >= 0.6 is 7.60 Å². The molecule has 1 aromatic rings. The predicted octanol–water partition coefficient (Wildman–Crippen LogP) is 3.57. The van der Waals surface area contributed by atoms with Crippen molar-refractivity contribution >= 4 is 17.7 Å². The van der Waals surface area contributed by atoms with Gasteiger partial charge in [0.1, 0.15) is 12.5 Å². The van der Waals surface area contributed by atoms with Crippen LogP contribution in [0.5, 0.6) is 0 Å². The van der Waals surface area contributed by atoms with Crippen LogP contribution in [0.1, 0.15) is 33.3 Å². The largest absolute Gasteiger partial charge is 0.374 e. The van der Waals surface area contributed by atoms with Gasteiger partial charge in [-0.1, -0.05) is 30.3 Å². The lowest BCUT2D eigenvalue weighted by molar-refractivity contribution is -0.0328. The van der Waals surface area contributed by atoms with Crippen LogP contribution in [0.15, 0.2) is 30.3 Å². The van der Waals surface area contributed by atoms with E-state index in [0.29, 0.717) is 6.61 Å². The topological polar surface area (TPSA) is 97.4 Å². The maximum atomic E-state index is 12.9. The number of rotatable bonds is 14. The molecule has 1 aromatic carbocycles. The fraction of sp³-hybridized carbons (Fsp3) is 0.667. The molecule has 8 nitrogen and oxygen atoms in total. The van der Waals surface area contributed by atoms with Gasteiger partial charge in [0.05, 0.1) is 38.3 Å². The minimum absolute atomic E-state index is 0.0494. The highest BCUT2D eigenvalue weighted by atomic mass is 32.2. The molecule has 0 aliphatic rings. The van der Waals surface area contributed by atoms with Gasteiger partial charge in [-0.25, -0.2) is 0 Å². The van der Waals surface area contributed by atoms with Crippen molar-refractivity contribution in [3.63, 3.8) is 0 Å². The molecule has 0 saturated carbocycles. The molecule has 0 aliphatic carbocycles. The third-order valence-electron chi connectivity index (χ3n) is 3.09. The Morgan fingerprint density at radius 1 is 0.964 bits per heavy atom. The maximum absolute atomic E-state index is 12.9. The maximum Gasteiger partial charge on any atom is 0.356 e. The highest BCUT2D eigenvalue weighted by Crippen LogP contribution is 2.50.